The summed E-state index contributed by atoms with van der Waals surface area (Å²) in [5.74, 6) is -0.0342. The number of carbonyl (C=O) groups excluding carboxylic acids is 2. The molecule has 0 radical (unpaired) electrons. The fourth-order valence-electron chi connectivity index (χ4n) is 2.03. The number of hydrogen-bond donors (Lipinski definition) is 2. The Bertz CT molecular complexity index is 388. The van der Waals surface area contributed by atoms with E-state index < -0.39 is 18.1 Å². The van der Waals surface area contributed by atoms with Gasteiger partial charge in [-0.25, -0.2) is 4.79 Å². The summed E-state index contributed by atoms with van der Waals surface area (Å²) in [6.07, 6.45) is -2.29. The van der Waals surface area contributed by atoms with Crippen molar-refractivity contribution in [2.24, 2.45) is 0 Å². The SMILES string of the molecule is C[C@@H]1CCCCN1C(=O)CNC(=O)OC(C)(C)C.OC(F)(F)F. The van der Waals surface area contributed by atoms with Crippen molar-refractivity contribution in [1.29, 1.82) is 0 Å². The summed E-state index contributed by atoms with van der Waals surface area (Å²) in [6.45, 7) is 8.23. The van der Waals surface area contributed by atoms with Crippen LogP contribution in [0.25, 0.3) is 0 Å². The number of ether oxygens (including phenoxy) is 1. The number of likely N-dealkylation sites (tertiary alicyclic amines) is 1. The number of rotatable bonds is 2. The second-order valence-corrected chi connectivity index (χ2v) is 6.26. The molecule has 0 aliphatic carbocycles. The minimum absolute atomic E-state index is 0.0131. The molecule has 1 saturated heterocycles. The predicted octanol–water partition coefficient (Wildman–Crippen LogP) is 2.41. The molecule has 0 spiro atoms. The maximum Gasteiger partial charge on any atom is 0.519 e. The molecule has 1 atom stereocenters. The molecule has 0 bridgehead atoms. The Morgan fingerprint density at radius 1 is 1.26 bits per heavy atom. The lowest BCUT2D eigenvalue weighted by Crippen LogP contribution is -2.47. The van der Waals surface area contributed by atoms with Gasteiger partial charge in [0.25, 0.3) is 0 Å². The molecule has 0 aromatic rings. The van der Waals surface area contributed by atoms with Crippen molar-refractivity contribution in [3.05, 3.63) is 0 Å². The van der Waals surface area contributed by atoms with Crippen LogP contribution in [0.15, 0.2) is 0 Å². The first-order valence-corrected chi connectivity index (χ1v) is 7.35. The van der Waals surface area contributed by atoms with Crippen molar-refractivity contribution < 1.29 is 32.6 Å². The highest BCUT2D eigenvalue weighted by Crippen LogP contribution is 2.16. The van der Waals surface area contributed by atoms with Gasteiger partial charge in [-0.15, -0.1) is 13.2 Å². The normalized spacial score (nSPS) is 18.6. The zero-order valence-electron chi connectivity index (χ0n) is 13.9. The quantitative estimate of drug-likeness (QED) is 0.808. The first-order valence-electron chi connectivity index (χ1n) is 7.35. The molecule has 136 valence electrons. The van der Waals surface area contributed by atoms with Crippen molar-refractivity contribution in [1.82, 2.24) is 10.2 Å². The number of piperidine rings is 1. The van der Waals surface area contributed by atoms with Gasteiger partial charge in [-0.05, 0) is 47.0 Å². The summed E-state index contributed by atoms with van der Waals surface area (Å²) in [5, 5.41) is 9.03. The highest BCUT2D eigenvalue weighted by molar-refractivity contribution is 5.82. The topological polar surface area (TPSA) is 78.9 Å². The maximum atomic E-state index is 11.9. The standard InChI is InChI=1S/C13H24N2O3.CHF3O/c1-10-7-5-6-8-15(10)11(16)9-14-12(17)18-13(2,3)4;2-1(3,4)5/h10H,5-9H2,1-4H3,(H,14,17);5H/t10-;/m1./s1. The largest absolute Gasteiger partial charge is 0.519 e. The Hall–Kier alpha value is -1.51. The van der Waals surface area contributed by atoms with E-state index in [9.17, 15) is 22.8 Å². The second kappa shape index (κ2) is 8.95. The molecule has 1 rings (SSSR count). The zero-order valence-corrected chi connectivity index (χ0v) is 13.9. The number of nitrogens with zero attached hydrogens (tertiary/aromatic N) is 1. The molecular formula is C14H25F3N2O4. The molecule has 9 heteroatoms. The molecule has 0 unspecified atom stereocenters. The van der Waals surface area contributed by atoms with Crippen molar-refractivity contribution in [3.8, 4) is 0 Å². The maximum absolute atomic E-state index is 11.9. The number of hydrogen-bond acceptors (Lipinski definition) is 4. The molecule has 1 fully saturated rings. The molecule has 1 aliphatic rings. The van der Waals surface area contributed by atoms with E-state index in [1.165, 1.54) is 6.42 Å². The van der Waals surface area contributed by atoms with Crippen LogP contribution in [-0.4, -0.2) is 53.1 Å². The van der Waals surface area contributed by atoms with E-state index in [1.807, 2.05) is 11.8 Å². The molecule has 2 N–H and O–H groups in total. The number of alkyl carbamates (subject to hydrolysis) is 1. The van der Waals surface area contributed by atoms with E-state index in [2.05, 4.69) is 5.32 Å². The fraction of sp³-hybridized carbons (Fsp3) is 0.857. The van der Waals surface area contributed by atoms with E-state index in [1.54, 1.807) is 20.8 Å². The summed E-state index contributed by atoms with van der Waals surface area (Å²) in [6, 6.07) is 0.270. The Kier molecular flexibility index (Phi) is 8.36. The van der Waals surface area contributed by atoms with Crippen molar-refractivity contribution >= 4 is 12.0 Å². The number of halogens is 3. The molecule has 0 aromatic heterocycles. The van der Waals surface area contributed by atoms with Crippen LogP contribution in [0.5, 0.6) is 0 Å². The summed E-state index contributed by atoms with van der Waals surface area (Å²) in [7, 11) is 0. The predicted molar refractivity (Wildman–Crippen MR) is 77.5 cm³/mol. The van der Waals surface area contributed by atoms with Crippen LogP contribution in [0.3, 0.4) is 0 Å². The van der Waals surface area contributed by atoms with Gasteiger partial charge in [0.2, 0.25) is 5.91 Å². The first-order chi connectivity index (χ1) is 10.3. The number of amides is 2. The molecule has 0 aromatic carbocycles. The average molecular weight is 342 g/mol. The molecule has 23 heavy (non-hydrogen) atoms. The first kappa shape index (κ1) is 21.5. The summed E-state index contributed by atoms with van der Waals surface area (Å²) in [5.41, 5.74) is -0.536. The molecule has 1 heterocycles. The Balaban J connectivity index is 0.000000841. The van der Waals surface area contributed by atoms with Gasteiger partial charge < -0.3 is 20.1 Å². The lowest BCUT2D eigenvalue weighted by atomic mass is 10.0. The fourth-order valence-corrected chi connectivity index (χ4v) is 2.03. The van der Waals surface area contributed by atoms with Crippen LogP contribution in [0.1, 0.15) is 47.0 Å². The molecule has 0 saturated carbocycles. The van der Waals surface area contributed by atoms with Gasteiger partial charge >= 0.3 is 12.5 Å². The minimum atomic E-state index is -5.00. The van der Waals surface area contributed by atoms with Crippen LogP contribution in [0, 0.1) is 0 Å². The van der Waals surface area contributed by atoms with Crippen LogP contribution >= 0.6 is 0 Å². The van der Waals surface area contributed by atoms with Crippen LogP contribution in [0.2, 0.25) is 0 Å². The number of aliphatic hydroxyl groups is 1. The van der Waals surface area contributed by atoms with Gasteiger partial charge in [0.15, 0.2) is 0 Å². The third kappa shape index (κ3) is 12.7. The monoisotopic (exact) mass is 342 g/mol. The van der Waals surface area contributed by atoms with Gasteiger partial charge in [-0.1, -0.05) is 0 Å². The average Bonchev–Trinajstić information content (AvgIpc) is 2.32. The van der Waals surface area contributed by atoms with E-state index in [4.69, 9.17) is 9.84 Å². The van der Waals surface area contributed by atoms with E-state index in [-0.39, 0.29) is 18.5 Å². The van der Waals surface area contributed by atoms with E-state index in [0.29, 0.717) is 0 Å². The second-order valence-electron chi connectivity index (χ2n) is 6.26. The lowest BCUT2D eigenvalue weighted by Gasteiger charge is -2.33. The van der Waals surface area contributed by atoms with Crippen molar-refractivity contribution in [2.45, 2.75) is 65.0 Å². The van der Waals surface area contributed by atoms with Crippen LogP contribution in [-0.2, 0) is 9.53 Å². The lowest BCUT2D eigenvalue weighted by molar-refractivity contribution is -0.295. The van der Waals surface area contributed by atoms with Gasteiger partial charge in [-0.3, -0.25) is 4.79 Å². The van der Waals surface area contributed by atoms with Gasteiger partial charge in [0.1, 0.15) is 12.1 Å². The van der Waals surface area contributed by atoms with Gasteiger partial charge in [0, 0.05) is 12.6 Å². The van der Waals surface area contributed by atoms with Crippen molar-refractivity contribution in [3.63, 3.8) is 0 Å². The van der Waals surface area contributed by atoms with Gasteiger partial charge in [0.05, 0.1) is 0 Å². The highest BCUT2D eigenvalue weighted by atomic mass is 19.4. The van der Waals surface area contributed by atoms with E-state index in [0.717, 1.165) is 19.4 Å². The molecular weight excluding hydrogens is 317 g/mol. The summed E-state index contributed by atoms with van der Waals surface area (Å²) >= 11 is 0. The Morgan fingerprint density at radius 3 is 2.22 bits per heavy atom. The Morgan fingerprint density at radius 2 is 1.78 bits per heavy atom. The van der Waals surface area contributed by atoms with Crippen LogP contribution < -0.4 is 5.32 Å². The van der Waals surface area contributed by atoms with Crippen LogP contribution in [0.4, 0.5) is 18.0 Å². The number of nitrogens with one attached hydrogen (secondary N) is 1. The third-order valence-corrected chi connectivity index (χ3v) is 2.91. The summed E-state index contributed by atoms with van der Waals surface area (Å²) in [4.78, 5) is 25.2. The highest BCUT2D eigenvalue weighted by Gasteiger charge is 2.24. The zero-order chi connectivity index (χ0) is 18.3. The number of alkyl halides is 3. The summed E-state index contributed by atoms with van der Waals surface area (Å²) < 4.78 is 34.8. The molecule has 1 aliphatic heterocycles. The number of carbonyl (C=O) groups is 2. The Labute approximate surface area is 134 Å². The molecule has 6 nitrogen and oxygen atoms in total. The van der Waals surface area contributed by atoms with E-state index >= 15 is 0 Å². The third-order valence-electron chi connectivity index (χ3n) is 2.91. The van der Waals surface area contributed by atoms with Crippen molar-refractivity contribution in [2.75, 3.05) is 13.1 Å². The van der Waals surface area contributed by atoms with Gasteiger partial charge in [-0.2, -0.15) is 0 Å². The smallest absolute Gasteiger partial charge is 0.444 e. The minimum Gasteiger partial charge on any atom is -0.444 e. The molecule has 2 amide bonds.